The molecule has 3 heterocycles. The van der Waals surface area contributed by atoms with Crippen molar-refractivity contribution in [3.63, 3.8) is 0 Å². The van der Waals surface area contributed by atoms with Gasteiger partial charge in [-0.25, -0.2) is 14.5 Å². The van der Waals surface area contributed by atoms with Gasteiger partial charge in [0.25, 0.3) is 5.91 Å². The van der Waals surface area contributed by atoms with Crippen molar-refractivity contribution in [2.24, 2.45) is 11.5 Å². The molecule has 4 rings (SSSR count). The Morgan fingerprint density at radius 3 is 2.47 bits per heavy atom. The Hall–Kier alpha value is -4.25. The molecule has 0 fully saturated rings. The first kappa shape index (κ1) is 31.7. The molecule has 0 aliphatic rings. The molecular formula is C28H34IN9O5. The van der Waals surface area contributed by atoms with Crippen molar-refractivity contribution in [3.8, 4) is 5.75 Å². The topological polar surface area (TPSA) is 187 Å². The zero-order chi connectivity index (χ0) is 31.3. The number of carbonyl (C=O) groups is 3. The molecule has 1 atom stereocenters. The molecule has 0 saturated heterocycles. The minimum atomic E-state index is -0.680. The first-order valence-electron chi connectivity index (χ1n) is 13.6. The number of fused-ring (bicyclic) bond motifs is 1. The summed E-state index contributed by atoms with van der Waals surface area (Å²) in [6, 6.07) is 6.37. The number of nitrogens with one attached hydrogen (secondary N) is 1. The maximum absolute atomic E-state index is 13.3. The summed E-state index contributed by atoms with van der Waals surface area (Å²) in [6.07, 6.45) is 3.60. The number of imidazole rings is 1. The van der Waals surface area contributed by atoms with Gasteiger partial charge in [0.1, 0.15) is 39.9 Å². The Morgan fingerprint density at radius 2 is 1.79 bits per heavy atom. The lowest BCUT2D eigenvalue weighted by atomic mass is 10.1. The average Bonchev–Trinajstić information content (AvgIpc) is 3.65. The second-order valence-corrected chi connectivity index (χ2v) is 11.4. The number of aromatic nitrogens is 6. The lowest BCUT2D eigenvalue weighted by Crippen LogP contribution is -2.20. The number of rotatable bonds is 13. The highest BCUT2D eigenvalue weighted by Gasteiger charge is 2.22. The van der Waals surface area contributed by atoms with Gasteiger partial charge in [-0.3, -0.25) is 19.6 Å². The van der Waals surface area contributed by atoms with E-state index in [9.17, 15) is 14.4 Å². The number of ether oxygens (including phenoxy) is 2. The van der Waals surface area contributed by atoms with Gasteiger partial charge < -0.3 is 25.5 Å². The maximum atomic E-state index is 13.3. The molecule has 0 saturated carbocycles. The van der Waals surface area contributed by atoms with E-state index in [0.29, 0.717) is 46.9 Å². The molecule has 2 amide bonds. The van der Waals surface area contributed by atoms with Crippen molar-refractivity contribution in [1.82, 2.24) is 29.1 Å². The number of nitrogens with zero attached hydrogens (tertiary/aromatic N) is 6. The normalized spacial score (nSPS) is 12.1. The fourth-order valence-corrected chi connectivity index (χ4v) is 4.89. The van der Waals surface area contributed by atoms with E-state index in [1.165, 1.54) is 12.1 Å². The number of nitrogens with two attached hydrogens (primary N) is 2. The SMILES string of the molecule is CCn1nc(C)cc1C(=O)Nc1nc2cc(C(N)=O)cc(OCCOC(=O)c3cc(C)nn3C(C)I)c2n1CC=CCN. The van der Waals surface area contributed by atoms with E-state index in [0.717, 1.165) is 0 Å². The van der Waals surface area contributed by atoms with E-state index in [4.69, 9.17) is 20.9 Å². The molecule has 0 aliphatic carbocycles. The molecule has 5 N–H and O–H groups in total. The molecule has 228 valence electrons. The largest absolute Gasteiger partial charge is 0.488 e. The van der Waals surface area contributed by atoms with Crippen molar-refractivity contribution in [2.45, 2.75) is 44.8 Å². The molecule has 0 aliphatic heterocycles. The summed E-state index contributed by atoms with van der Waals surface area (Å²) in [6.45, 7) is 8.41. The molecule has 4 aromatic rings. The number of amides is 2. The molecule has 14 nitrogen and oxygen atoms in total. The standard InChI is InChI=1S/C28H34IN9O5/c1-5-37-21(12-16(2)34-37)26(40)33-28-32-20-14-19(25(31)39)15-23(24(20)36(28)9-7-6-8-30)42-10-11-43-27(41)22-13-17(3)35-38(22)18(4)29/h6-7,12-15,18H,5,8-11,30H2,1-4H3,(H2,31,39)(H,32,33,40). The first-order valence-corrected chi connectivity index (χ1v) is 14.8. The van der Waals surface area contributed by atoms with Crippen LogP contribution in [0.4, 0.5) is 5.95 Å². The van der Waals surface area contributed by atoms with Crippen LogP contribution < -0.4 is 21.5 Å². The number of benzene rings is 1. The number of halogens is 1. The van der Waals surface area contributed by atoms with E-state index in [1.54, 1.807) is 39.1 Å². The number of primary amides is 1. The molecule has 1 aromatic carbocycles. The minimum Gasteiger partial charge on any atom is -0.488 e. The van der Waals surface area contributed by atoms with Crippen LogP contribution in [-0.2, 0) is 17.8 Å². The van der Waals surface area contributed by atoms with Gasteiger partial charge in [0, 0.05) is 25.2 Å². The summed E-state index contributed by atoms with van der Waals surface area (Å²) in [4.78, 5) is 42.8. The van der Waals surface area contributed by atoms with Crippen molar-refractivity contribution < 1.29 is 23.9 Å². The van der Waals surface area contributed by atoms with Gasteiger partial charge in [0.2, 0.25) is 11.9 Å². The number of hydrogen-bond acceptors (Lipinski definition) is 9. The van der Waals surface area contributed by atoms with Crippen molar-refractivity contribution in [3.05, 3.63) is 64.8 Å². The molecular weight excluding hydrogens is 669 g/mol. The highest BCUT2D eigenvalue weighted by molar-refractivity contribution is 14.1. The molecule has 0 spiro atoms. The van der Waals surface area contributed by atoms with Gasteiger partial charge >= 0.3 is 5.97 Å². The number of anilines is 1. The Labute approximate surface area is 261 Å². The molecule has 1 unspecified atom stereocenters. The zero-order valence-electron chi connectivity index (χ0n) is 24.3. The van der Waals surface area contributed by atoms with Crippen LogP contribution in [0.25, 0.3) is 11.0 Å². The Bertz CT molecular complexity index is 1690. The van der Waals surface area contributed by atoms with Crippen LogP contribution in [0.2, 0.25) is 0 Å². The molecule has 0 bridgehead atoms. The van der Waals surface area contributed by atoms with E-state index in [1.807, 2.05) is 26.8 Å². The van der Waals surface area contributed by atoms with Crippen molar-refractivity contribution >= 4 is 57.4 Å². The number of hydrogen-bond donors (Lipinski definition) is 3. The summed E-state index contributed by atoms with van der Waals surface area (Å²) in [5, 5.41) is 11.5. The van der Waals surface area contributed by atoms with E-state index in [2.05, 4.69) is 43.1 Å². The Morgan fingerprint density at radius 1 is 1.07 bits per heavy atom. The monoisotopic (exact) mass is 703 g/mol. The third-order valence-corrected chi connectivity index (χ3v) is 6.85. The highest BCUT2D eigenvalue weighted by Crippen LogP contribution is 2.31. The average molecular weight is 704 g/mol. The second kappa shape index (κ2) is 13.8. The third-order valence-electron chi connectivity index (χ3n) is 6.32. The summed E-state index contributed by atoms with van der Waals surface area (Å²) < 4.78 is 16.3. The molecule has 43 heavy (non-hydrogen) atoms. The van der Waals surface area contributed by atoms with Crippen molar-refractivity contribution in [2.75, 3.05) is 25.1 Å². The lowest BCUT2D eigenvalue weighted by Gasteiger charge is -2.13. The maximum Gasteiger partial charge on any atom is 0.356 e. The van der Waals surface area contributed by atoms with Crippen LogP contribution in [0, 0.1) is 13.8 Å². The van der Waals surface area contributed by atoms with Gasteiger partial charge in [-0.05, 0) is 52.0 Å². The Kier molecular flexibility index (Phi) is 10.2. The highest BCUT2D eigenvalue weighted by atomic mass is 127. The van der Waals surface area contributed by atoms with Crippen LogP contribution in [0.5, 0.6) is 5.75 Å². The van der Waals surface area contributed by atoms with E-state index < -0.39 is 17.8 Å². The van der Waals surface area contributed by atoms with Gasteiger partial charge in [-0.15, -0.1) is 0 Å². The third kappa shape index (κ3) is 7.22. The molecule has 15 heteroatoms. The number of allylic oxidation sites excluding steroid dienone is 1. The number of carbonyl (C=O) groups excluding carboxylic acids is 3. The van der Waals surface area contributed by atoms with Crippen LogP contribution >= 0.6 is 22.6 Å². The van der Waals surface area contributed by atoms with Crippen LogP contribution in [-0.4, -0.2) is 66.7 Å². The summed E-state index contributed by atoms with van der Waals surface area (Å²) >= 11 is 2.16. The van der Waals surface area contributed by atoms with E-state index >= 15 is 0 Å². The first-order chi connectivity index (χ1) is 20.5. The fraction of sp³-hybridized carbons (Fsp3) is 0.357. The second-order valence-electron chi connectivity index (χ2n) is 9.57. The fourth-order valence-electron chi connectivity index (χ4n) is 4.47. The quantitative estimate of drug-likeness (QED) is 0.0618. The van der Waals surface area contributed by atoms with Crippen LogP contribution in [0.1, 0.15) is 60.6 Å². The van der Waals surface area contributed by atoms with Crippen LogP contribution in [0.3, 0.4) is 0 Å². The predicted octanol–water partition coefficient (Wildman–Crippen LogP) is 3.12. The van der Waals surface area contributed by atoms with Gasteiger partial charge in [-0.2, -0.15) is 10.2 Å². The Balaban J connectivity index is 1.64. The van der Waals surface area contributed by atoms with Gasteiger partial charge in [0.15, 0.2) is 0 Å². The predicted molar refractivity (Wildman–Crippen MR) is 169 cm³/mol. The zero-order valence-corrected chi connectivity index (χ0v) is 26.5. The summed E-state index contributed by atoms with van der Waals surface area (Å²) in [7, 11) is 0. The molecule has 0 radical (unpaired) electrons. The number of esters is 1. The number of alkyl halides is 1. The smallest absolute Gasteiger partial charge is 0.356 e. The lowest BCUT2D eigenvalue weighted by molar-refractivity contribution is 0.0437. The van der Waals surface area contributed by atoms with Gasteiger partial charge in [0.05, 0.1) is 16.9 Å². The van der Waals surface area contributed by atoms with Crippen molar-refractivity contribution in [1.29, 1.82) is 0 Å². The molecule has 3 aromatic heterocycles. The minimum absolute atomic E-state index is 0.0313. The summed E-state index contributed by atoms with van der Waals surface area (Å²) in [5.74, 6) is -1.13. The summed E-state index contributed by atoms with van der Waals surface area (Å²) in [5.41, 5.74) is 14.4. The number of aryl methyl sites for hydroxylation is 3. The van der Waals surface area contributed by atoms with Crippen LogP contribution in [0.15, 0.2) is 36.4 Å². The van der Waals surface area contributed by atoms with E-state index in [-0.39, 0.29) is 41.1 Å². The van der Waals surface area contributed by atoms with Gasteiger partial charge in [-0.1, -0.05) is 34.7 Å².